The van der Waals surface area contributed by atoms with Crippen LogP contribution in [0, 0.1) is 11.8 Å². The molecule has 1 aromatic carbocycles. The number of nitrogens with zero attached hydrogens (tertiary/aromatic N) is 1. The number of carbonyl (C=O) groups excluding carboxylic acids is 1. The van der Waals surface area contributed by atoms with Crippen molar-refractivity contribution in [1.29, 1.82) is 0 Å². The van der Waals surface area contributed by atoms with E-state index in [4.69, 9.17) is 9.47 Å². The van der Waals surface area contributed by atoms with Gasteiger partial charge in [-0.05, 0) is 30.2 Å². The number of piperidine rings is 3. The Morgan fingerprint density at radius 3 is 2.93 bits per heavy atom. The van der Waals surface area contributed by atoms with Crippen molar-refractivity contribution in [2.24, 2.45) is 11.8 Å². The van der Waals surface area contributed by atoms with Crippen molar-refractivity contribution in [3.63, 3.8) is 0 Å². The van der Waals surface area contributed by atoms with Crippen LogP contribution < -0.4 is 9.64 Å². The van der Waals surface area contributed by atoms with Crippen LogP contribution in [0.3, 0.4) is 0 Å². The lowest BCUT2D eigenvalue weighted by molar-refractivity contribution is -0.949. The number of fused-ring (bicyclic) bond motifs is 4. The molecule has 0 saturated carbocycles. The Morgan fingerprint density at radius 1 is 1.41 bits per heavy atom. The molecule has 2 bridgehead atoms. The van der Waals surface area contributed by atoms with E-state index in [1.54, 1.807) is 13.3 Å². The highest BCUT2D eigenvalue weighted by Crippen LogP contribution is 2.36. The van der Waals surface area contributed by atoms with Crippen LogP contribution in [0.5, 0.6) is 5.75 Å². The van der Waals surface area contributed by atoms with Crippen molar-refractivity contribution < 1.29 is 19.2 Å². The summed E-state index contributed by atoms with van der Waals surface area (Å²) in [7, 11) is 1.66. The highest BCUT2D eigenvalue weighted by Gasteiger charge is 2.47. The zero-order chi connectivity index (χ0) is 19.0. The minimum absolute atomic E-state index is 0.241. The van der Waals surface area contributed by atoms with Gasteiger partial charge >= 0.3 is 5.97 Å². The maximum absolute atomic E-state index is 12.0. The van der Waals surface area contributed by atoms with E-state index in [2.05, 4.69) is 17.6 Å². The fourth-order valence-corrected chi connectivity index (χ4v) is 4.95. The monoisotopic (exact) mass is 367 g/mol. The van der Waals surface area contributed by atoms with E-state index in [-0.39, 0.29) is 18.1 Å². The summed E-state index contributed by atoms with van der Waals surface area (Å²) in [5.41, 5.74) is 1.91. The first-order valence-electron chi connectivity index (χ1n) is 9.67. The molecular weight excluding hydrogens is 340 g/mol. The number of methoxy groups -OCH3 is 1. The molecule has 0 amide bonds. The summed E-state index contributed by atoms with van der Waals surface area (Å²) in [6, 6.07) is 8.11. The second-order valence-electron chi connectivity index (χ2n) is 7.72. The number of aromatic nitrogens is 1. The summed E-state index contributed by atoms with van der Waals surface area (Å²) < 4.78 is 11.3. The van der Waals surface area contributed by atoms with E-state index >= 15 is 0 Å². The highest BCUT2D eigenvalue weighted by atomic mass is 16.5. The van der Waals surface area contributed by atoms with Gasteiger partial charge in [0, 0.05) is 42.8 Å². The minimum Gasteiger partial charge on any atom is -0.497 e. The molecule has 0 radical (unpaired) electrons. The van der Waals surface area contributed by atoms with Gasteiger partial charge in [-0.25, -0.2) is 0 Å². The predicted octanol–water partition coefficient (Wildman–Crippen LogP) is 2.33. The van der Waals surface area contributed by atoms with Crippen LogP contribution in [-0.2, 0) is 9.53 Å². The normalized spacial score (nSPS) is 27.9. The topological polar surface area (TPSA) is 52.9 Å². The van der Waals surface area contributed by atoms with Crippen molar-refractivity contribution in [2.75, 3.05) is 20.2 Å². The molecule has 1 aromatic heterocycles. The molecule has 5 nitrogen and oxygen atoms in total. The Balaban J connectivity index is 1.76. The molecule has 3 saturated heterocycles. The number of ether oxygens (including phenoxy) is 2. The van der Waals surface area contributed by atoms with Gasteiger partial charge in [-0.1, -0.05) is 6.08 Å². The Bertz CT molecular complexity index is 866. The molecule has 142 valence electrons. The van der Waals surface area contributed by atoms with E-state index in [0.29, 0.717) is 11.8 Å². The van der Waals surface area contributed by atoms with Crippen LogP contribution in [0.2, 0.25) is 0 Å². The number of esters is 1. The Labute approximate surface area is 160 Å². The van der Waals surface area contributed by atoms with Gasteiger partial charge in [-0.15, -0.1) is 6.58 Å². The Hall–Kier alpha value is -2.40. The highest BCUT2D eigenvalue weighted by molar-refractivity contribution is 5.84. The van der Waals surface area contributed by atoms with Gasteiger partial charge in [0.1, 0.15) is 11.8 Å². The average molecular weight is 367 g/mol. The summed E-state index contributed by atoms with van der Waals surface area (Å²) in [5, 5.41) is 0.991. The van der Waals surface area contributed by atoms with Gasteiger partial charge < -0.3 is 14.4 Å². The van der Waals surface area contributed by atoms with Crippen LogP contribution in [0.4, 0.5) is 0 Å². The predicted molar refractivity (Wildman–Crippen MR) is 104 cm³/mol. The van der Waals surface area contributed by atoms with Crippen LogP contribution >= 0.6 is 0 Å². The molecule has 3 aliphatic heterocycles. The molecule has 1 N–H and O–H groups in total. The van der Waals surface area contributed by atoms with Gasteiger partial charge in [0.05, 0.1) is 25.7 Å². The van der Waals surface area contributed by atoms with Crippen LogP contribution in [0.1, 0.15) is 31.4 Å². The van der Waals surface area contributed by atoms with E-state index in [1.807, 2.05) is 24.3 Å². The van der Waals surface area contributed by atoms with Gasteiger partial charge in [-0.3, -0.25) is 9.78 Å². The quantitative estimate of drug-likeness (QED) is 0.651. The zero-order valence-corrected chi connectivity index (χ0v) is 16.0. The van der Waals surface area contributed by atoms with E-state index in [0.717, 1.165) is 41.7 Å². The molecule has 5 heteroatoms. The zero-order valence-electron chi connectivity index (χ0n) is 16.0. The molecule has 5 rings (SSSR count). The van der Waals surface area contributed by atoms with Crippen molar-refractivity contribution >= 4 is 16.9 Å². The largest absolute Gasteiger partial charge is 0.497 e. The molecular formula is C22H27N2O3+. The Kier molecular flexibility index (Phi) is 4.87. The molecule has 0 spiro atoms. The first kappa shape index (κ1) is 18.0. The molecule has 27 heavy (non-hydrogen) atoms. The third kappa shape index (κ3) is 3.32. The molecule has 2 aromatic rings. The number of rotatable bonds is 5. The van der Waals surface area contributed by atoms with E-state index in [1.165, 1.54) is 18.2 Å². The average Bonchev–Trinajstić information content (AvgIpc) is 2.71. The minimum atomic E-state index is -0.274. The summed E-state index contributed by atoms with van der Waals surface area (Å²) in [5.74, 6) is 1.74. The third-order valence-electron chi connectivity index (χ3n) is 6.27. The molecule has 5 atom stereocenters. The SMILES string of the molecule is C=C[C@H]1C[NH+]2CC[C@H]1C[C@@H]2[C@H](OC(C)=O)c1ccnc2ccc(OC)cc12. The smallest absolute Gasteiger partial charge is 0.303 e. The van der Waals surface area contributed by atoms with Gasteiger partial charge in [0.2, 0.25) is 0 Å². The summed E-state index contributed by atoms with van der Waals surface area (Å²) in [4.78, 5) is 18.0. The van der Waals surface area contributed by atoms with Gasteiger partial charge in [0.25, 0.3) is 0 Å². The maximum Gasteiger partial charge on any atom is 0.303 e. The summed E-state index contributed by atoms with van der Waals surface area (Å²) in [6.07, 6.45) is 5.91. The van der Waals surface area contributed by atoms with Gasteiger partial charge in [-0.2, -0.15) is 0 Å². The lowest BCUT2D eigenvalue weighted by atomic mass is 9.73. The van der Waals surface area contributed by atoms with Crippen LogP contribution in [-0.4, -0.2) is 37.2 Å². The maximum atomic E-state index is 12.0. The second-order valence-corrected chi connectivity index (χ2v) is 7.72. The van der Waals surface area contributed by atoms with Crippen LogP contribution in [0.25, 0.3) is 10.9 Å². The summed E-state index contributed by atoms with van der Waals surface area (Å²) >= 11 is 0. The lowest BCUT2D eigenvalue weighted by Crippen LogP contribution is -3.20. The first-order chi connectivity index (χ1) is 13.1. The van der Waals surface area contributed by atoms with E-state index < -0.39 is 0 Å². The Morgan fingerprint density at radius 2 is 2.26 bits per heavy atom. The third-order valence-corrected chi connectivity index (χ3v) is 6.27. The number of nitrogens with one attached hydrogen (secondary N) is 1. The van der Waals surface area contributed by atoms with Crippen molar-refractivity contribution in [2.45, 2.75) is 31.9 Å². The van der Waals surface area contributed by atoms with Crippen molar-refractivity contribution in [3.05, 3.63) is 48.7 Å². The van der Waals surface area contributed by atoms with Crippen LogP contribution in [0.15, 0.2) is 43.1 Å². The number of hydrogen-bond acceptors (Lipinski definition) is 4. The number of hydrogen-bond donors (Lipinski definition) is 1. The standard InChI is InChI=1S/C22H26N2O3/c1-4-15-13-24-10-8-16(15)11-21(24)22(27-14(2)25)18-7-9-23-20-6-5-17(26-3)12-19(18)20/h4-7,9,12,15-16,21-22H,1,8,10-11,13H2,2-3H3/p+1/t15-,16-,21+,22+/m0/s1. The van der Waals surface area contributed by atoms with Crippen molar-refractivity contribution in [1.82, 2.24) is 4.98 Å². The molecule has 0 aliphatic carbocycles. The van der Waals surface area contributed by atoms with Gasteiger partial charge in [0.15, 0.2) is 6.10 Å². The first-order valence-corrected chi connectivity index (χ1v) is 9.67. The van der Waals surface area contributed by atoms with E-state index in [9.17, 15) is 4.79 Å². The molecule has 3 aliphatic rings. The lowest BCUT2D eigenvalue weighted by Gasteiger charge is -2.48. The number of benzene rings is 1. The second kappa shape index (κ2) is 7.31. The fraction of sp³-hybridized carbons (Fsp3) is 0.455. The fourth-order valence-electron chi connectivity index (χ4n) is 4.95. The summed E-state index contributed by atoms with van der Waals surface area (Å²) in [6.45, 7) is 7.72. The number of quaternary nitrogens is 1. The van der Waals surface area contributed by atoms with Crippen molar-refractivity contribution in [3.8, 4) is 5.75 Å². The number of pyridine rings is 1. The molecule has 4 heterocycles. The molecule has 3 fully saturated rings. The molecule has 1 unspecified atom stereocenters. The number of carbonyl (C=O) groups is 1.